The number of nitrogens with zero attached hydrogens (tertiary/aromatic N) is 1. The quantitative estimate of drug-likeness (QED) is 0.924. The average molecular weight is 279 g/mol. The number of hydrogen-bond acceptors (Lipinski definition) is 3. The summed E-state index contributed by atoms with van der Waals surface area (Å²) in [6, 6.07) is 4.12. The number of anilines is 1. The summed E-state index contributed by atoms with van der Waals surface area (Å²) in [7, 11) is 0. The number of hydrogen-bond donors (Lipinski definition) is 1. The molecule has 5 heteroatoms. The maximum absolute atomic E-state index is 12.1. The van der Waals surface area contributed by atoms with Gasteiger partial charge < -0.3 is 10.0 Å². The van der Waals surface area contributed by atoms with Gasteiger partial charge in [-0.15, -0.1) is 11.8 Å². The van der Waals surface area contributed by atoms with Crippen LogP contribution in [0.2, 0.25) is 0 Å². The van der Waals surface area contributed by atoms with Crippen molar-refractivity contribution in [1.82, 2.24) is 0 Å². The second kappa shape index (κ2) is 5.65. The Morgan fingerprint density at radius 3 is 2.74 bits per heavy atom. The van der Waals surface area contributed by atoms with Crippen molar-refractivity contribution in [3.05, 3.63) is 23.3 Å². The SMILES string of the molecule is Cc1cc(C)c2c(c1)N(C(=O)CCC(=O)O)CCS2. The first-order chi connectivity index (χ1) is 8.99. The molecule has 102 valence electrons. The fourth-order valence-corrected chi connectivity index (χ4v) is 3.37. The Morgan fingerprint density at radius 2 is 2.05 bits per heavy atom. The topological polar surface area (TPSA) is 57.6 Å². The van der Waals surface area contributed by atoms with Crippen molar-refractivity contribution in [1.29, 1.82) is 0 Å². The molecule has 2 rings (SSSR count). The van der Waals surface area contributed by atoms with Crippen LogP contribution in [0.4, 0.5) is 5.69 Å². The molecule has 0 radical (unpaired) electrons. The molecule has 0 fully saturated rings. The summed E-state index contributed by atoms with van der Waals surface area (Å²) in [5, 5.41) is 8.67. The number of amides is 1. The number of thioether (sulfide) groups is 1. The Hall–Kier alpha value is -1.49. The maximum atomic E-state index is 12.1. The lowest BCUT2D eigenvalue weighted by Crippen LogP contribution is -2.35. The first-order valence-electron chi connectivity index (χ1n) is 6.25. The summed E-state index contributed by atoms with van der Waals surface area (Å²) in [5.74, 6) is -0.176. The lowest BCUT2D eigenvalue weighted by molar-refractivity contribution is -0.138. The van der Waals surface area contributed by atoms with Crippen molar-refractivity contribution in [3.63, 3.8) is 0 Å². The second-order valence-corrected chi connectivity index (χ2v) is 5.82. The molecular weight excluding hydrogens is 262 g/mol. The molecule has 0 atom stereocenters. The zero-order valence-electron chi connectivity index (χ0n) is 11.1. The van der Waals surface area contributed by atoms with Crippen LogP contribution in [0.5, 0.6) is 0 Å². The van der Waals surface area contributed by atoms with Crippen LogP contribution in [0.1, 0.15) is 24.0 Å². The van der Waals surface area contributed by atoms with E-state index in [1.807, 2.05) is 19.9 Å². The van der Waals surface area contributed by atoms with Crippen molar-refractivity contribution >= 4 is 29.3 Å². The van der Waals surface area contributed by atoms with Gasteiger partial charge >= 0.3 is 5.97 Å². The number of carboxylic acid groups (broad SMARTS) is 1. The van der Waals surface area contributed by atoms with Crippen molar-refractivity contribution in [2.45, 2.75) is 31.6 Å². The van der Waals surface area contributed by atoms with Gasteiger partial charge in [-0.2, -0.15) is 0 Å². The van der Waals surface area contributed by atoms with E-state index in [9.17, 15) is 9.59 Å². The minimum absolute atomic E-state index is 0.0619. The summed E-state index contributed by atoms with van der Waals surface area (Å²) < 4.78 is 0. The molecule has 0 aliphatic carbocycles. The van der Waals surface area contributed by atoms with E-state index >= 15 is 0 Å². The van der Waals surface area contributed by atoms with E-state index in [0.717, 1.165) is 21.9 Å². The number of carbonyl (C=O) groups is 2. The van der Waals surface area contributed by atoms with Gasteiger partial charge in [0.15, 0.2) is 0 Å². The Balaban J connectivity index is 2.26. The molecule has 0 saturated carbocycles. The lowest BCUT2D eigenvalue weighted by Gasteiger charge is -2.30. The van der Waals surface area contributed by atoms with Crippen LogP contribution in [-0.2, 0) is 9.59 Å². The van der Waals surface area contributed by atoms with E-state index in [1.54, 1.807) is 16.7 Å². The summed E-state index contributed by atoms with van der Waals surface area (Å²) in [5.41, 5.74) is 3.23. The Bertz CT molecular complexity index is 528. The third-order valence-corrected chi connectivity index (χ3v) is 4.31. The van der Waals surface area contributed by atoms with Crippen molar-refractivity contribution in [2.24, 2.45) is 0 Å². The van der Waals surface area contributed by atoms with E-state index in [4.69, 9.17) is 5.11 Å². The zero-order valence-corrected chi connectivity index (χ0v) is 11.9. The van der Waals surface area contributed by atoms with Gasteiger partial charge in [-0.1, -0.05) is 6.07 Å². The van der Waals surface area contributed by atoms with Crippen LogP contribution >= 0.6 is 11.8 Å². The van der Waals surface area contributed by atoms with Gasteiger partial charge in [-0.05, 0) is 31.0 Å². The first-order valence-corrected chi connectivity index (χ1v) is 7.24. The summed E-state index contributed by atoms with van der Waals surface area (Å²) in [4.78, 5) is 25.6. The molecule has 1 heterocycles. The highest BCUT2D eigenvalue weighted by Crippen LogP contribution is 2.38. The van der Waals surface area contributed by atoms with E-state index in [1.165, 1.54) is 5.56 Å². The number of aliphatic carboxylic acids is 1. The van der Waals surface area contributed by atoms with Gasteiger partial charge in [0.2, 0.25) is 5.91 Å². The molecule has 1 aliphatic rings. The molecule has 4 nitrogen and oxygen atoms in total. The minimum Gasteiger partial charge on any atom is -0.481 e. The zero-order chi connectivity index (χ0) is 14.0. The third-order valence-electron chi connectivity index (χ3n) is 3.11. The Kier molecular flexibility index (Phi) is 4.14. The normalized spacial score (nSPS) is 14.1. The number of carbonyl (C=O) groups excluding carboxylic acids is 1. The predicted octanol–water partition coefficient (Wildman–Crippen LogP) is 2.61. The monoisotopic (exact) mass is 279 g/mol. The molecule has 19 heavy (non-hydrogen) atoms. The van der Waals surface area contributed by atoms with Crippen LogP contribution in [0, 0.1) is 13.8 Å². The second-order valence-electron chi connectivity index (χ2n) is 4.72. The van der Waals surface area contributed by atoms with Crippen molar-refractivity contribution in [3.8, 4) is 0 Å². The Labute approximate surface area is 116 Å². The van der Waals surface area contributed by atoms with Crippen molar-refractivity contribution in [2.75, 3.05) is 17.2 Å². The molecule has 1 N–H and O–H groups in total. The fraction of sp³-hybridized carbons (Fsp3) is 0.429. The van der Waals surface area contributed by atoms with Crippen LogP contribution in [-0.4, -0.2) is 29.3 Å². The van der Waals surface area contributed by atoms with E-state index in [2.05, 4.69) is 6.07 Å². The molecule has 1 aliphatic heterocycles. The molecule has 1 amide bonds. The summed E-state index contributed by atoms with van der Waals surface area (Å²) >= 11 is 1.76. The molecule has 1 aromatic rings. The highest BCUT2D eigenvalue weighted by atomic mass is 32.2. The largest absolute Gasteiger partial charge is 0.481 e. The molecule has 0 bridgehead atoms. The molecular formula is C14H17NO3S. The van der Waals surface area contributed by atoms with Gasteiger partial charge in [0.25, 0.3) is 0 Å². The van der Waals surface area contributed by atoms with Crippen LogP contribution in [0.3, 0.4) is 0 Å². The maximum Gasteiger partial charge on any atom is 0.303 e. The summed E-state index contributed by atoms with van der Waals surface area (Å²) in [6.07, 6.45) is -0.0466. The van der Waals surface area contributed by atoms with Crippen LogP contribution in [0.25, 0.3) is 0 Å². The molecule has 0 aromatic heterocycles. The van der Waals surface area contributed by atoms with Gasteiger partial charge in [0.1, 0.15) is 0 Å². The van der Waals surface area contributed by atoms with Gasteiger partial charge in [0.05, 0.1) is 12.1 Å². The highest BCUT2D eigenvalue weighted by molar-refractivity contribution is 7.99. The van der Waals surface area contributed by atoms with E-state index < -0.39 is 5.97 Å². The van der Waals surface area contributed by atoms with Crippen LogP contribution < -0.4 is 4.90 Å². The van der Waals surface area contributed by atoms with Gasteiger partial charge in [-0.3, -0.25) is 9.59 Å². The fourth-order valence-electron chi connectivity index (χ4n) is 2.29. The third kappa shape index (κ3) is 3.10. The Morgan fingerprint density at radius 1 is 1.32 bits per heavy atom. The van der Waals surface area contributed by atoms with Crippen molar-refractivity contribution < 1.29 is 14.7 Å². The number of carboxylic acids is 1. The molecule has 0 unspecified atom stereocenters. The van der Waals surface area contributed by atoms with E-state index in [-0.39, 0.29) is 18.7 Å². The molecule has 0 spiro atoms. The van der Waals surface area contributed by atoms with Crippen LogP contribution in [0.15, 0.2) is 17.0 Å². The predicted molar refractivity (Wildman–Crippen MR) is 75.9 cm³/mol. The average Bonchev–Trinajstić information content (AvgIpc) is 2.35. The van der Waals surface area contributed by atoms with E-state index in [0.29, 0.717) is 6.54 Å². The highest BCUT2D eigenvalue weighted by Gasteiger charge is 2.24. The smallest absolute Gasteiger partial charge is 0.303 e. The minimum atomic E-state index is -0.930. The first kappa shape index (κ1) is 13.9. The number of fused-ring (bicyclic) bond motifs is 1. The van der Waals surface area contributed by atoms with Gasteiger partial charge in [-0.25, -0.2) is 0 Å². The number of rotatable bonds is 3. The number of benzene rings is 1. The summed E-state index contributed by atoms with van der Waals surface area (Å²) in [6.45, 7) is 4.70. The molecule has 0 saturated heterocycles. The van der Waals surface area contributed by atoms with Gasteiger partial charge in [0, 0.05) is 23.6 Å². The standard InChI is InChI=1S/C14H17NO3S/c1-9-7-10(2)14-11(8-9)15(5-6-19-14)12(16)3-4-13(17)18/h7-8H,3-6H2,1-2H3,(H,17,18). The number of aryl methyl sites for hydroxylation is 2. The molecule has 1 aromatic carbocycles. The lowest BCUT2D eigenvalue weighted by atomic mass is 10.1.